The van der Waals surface area contributed by atoms with Gasteiger partial charge in [0.1, 0.15) is 5.75 Å². The van der Waals surface area contributed by atoms with E-state index in [0.717, 1.165) is 28.7 Å². The number of benzene rings is 5. The van der Waals surface area contributed by atoms with Gasteiger partial charge in [0.2, 0.25) is 0 Å². The molecule has 0 aliphatic carbocycles. The lowest BCUT2D eigenvalue weighted by molar-refractivity contribution is 0.355. The molecule has 6 aromatic rings. The van der Waals surface area contributed by atoms with Crippen molar-refractivity contribution in [3.05, 3.63) is 126 Å². The van der Waals surface area contributed by atoms with E-state index < -0.39 is 0 Å². The number of rotatable bonds is 7. The maximum atomic E-state index is 10.7. The van der Waals surface area contributed by atoms with Gasteiger partial charge in [-0.1, -0.05) is 84.9 Å². The molecule has 3 nitrogen and oxygen atoms in total. The van der Waals surface area contributed by atoms with Crippen LogP contribution < -0.4 is 9.47 Å². The molecule has 192 valence electrons. The summed E-state index contributed by atoms with van der Waals surface area (Å²) in [6.45, 7) is 0. The predicted molar refractivity (Wildman–Crippen MR) is 162 cm³/mol. The highest BCUT2D eigenvalue weighted by atomic mass is 32.1. The Morgan fingerprint density at radius 1 is 0.615 bits per heavy atom. The minimum atomic E-state index is 0.220. The summed E-state index contributed by atoms with van der Waals surface area (Å²) >= 11 is 1.87. The van der Waals surface area contributed by atoms with E-state index in [0.29, 0.717) is 11.5 Å². The second-order valence-electron chi connectivity index (χ2n) is 9.44. The minimum absolute atomic E-state index is 0.220. The number of methoxy groups -OCH3 is 2. The number of fused-ring (bicyclic) bond motifs is 1. The molecule has 1 N–H and O–H groups in total. The molecular formula is C35H28O3S. The van der Waals surface area contributed by atoms with Gasteiger partial charge in [-0.25, -0.2) is 0 Å². The maximum Gasteiger partial charge on any atom is 0.161 e. The van der Waals surface area contributed by atoms with Crippen LogP contribution in [0.1, 0.15) is 10.4 Å². The zero-order valence-electron chi connectivity index (χ0n) is 21.8. The van der Waals surface area contributed by atoms with Crippen LogP contribution in [0.15, 0.2) is 115 Å². The van der Waals surface area contributed by atoms with Crippen LogP contribution in [-0.2, 0) is 6.42 Å². The molecule has 0 aliphatic rings. The van der Waals surface area contributed by atoms with E-state index in [4.69, 9.17) is 9.47 Å². The third-order valence-electron chi connectivity index (χ3n) is 7.07. The largest absolute Gasteiger partial charge is 0.507 e. The van der Waals surface area contributed by atoms with Crippen LogP contribution in [0, 0.1) is 0 Å². The Morgan fingerprint density at radius 3 is 2.05 bits per heavy atom. The lowest BCUT2D eigenvalue weighted by atomic mass is 9.95. The summed E-state index contributed by atoms with van der Waals surface area (Å²) in [6, 6.07) is 39.5. The van der Waals surface area contributed by atoms with Gasteiger partial charge in [0.25, 0.3) is 0 Å². The summed E-state index contributed by atoms with van der Waals surface area (Å²) in [6.07, 6.45) is 0.907. The first kappa shape index (κ1) is 24.8. The molecule has 0 atom stereocenters. The molecule has 0 saturated heterocycles. The molecule has 6 rings (SSSR count). The van der Waals surface area contributed by atoms with Gasteiger partial charge in [-0.3, -0.25) is 0 Å². The van der Waals surface area contributed by atoms with Crippen molar-refractivity contribution in [3.63, 3.8) is 0 Å². The Kier molecular flexibility index (Phi) is 6.78. The summed E-state index contributed by atoms with van der Waals surface area (Å²) in [5.41, 5.74) is 7.55. The molecule has 0 saturated carbocycles. The monoisotopic (exact) mass is 528 g/mol. The SMILES string of the molecule is COc1ccc(-c2cc(-c3ccc(-c4c(Cc5ccccc5)sc5ccccc45)cc3)ccc2O)cc1OC. The number of thiophene rings is 1. The minimum Gasteiger partial charge on any atom is -0.507 e. The first-order valence-corrected chi connectivity index (χ1v) is 13.7. The van der Waals surface area contributed by atoms with Crippen LogP contribution in [0.2, 0.25) is 0 Å². The van der Waals surface area contributed by atoms with E-state index >= 15 is 0 Å². The highest BCUT2D eigenvalue weighted by molar-refractivity contribution is 7.19. The van der Waals surface area contributed by atoms with Crippen molar-refractivity contribution in [3.8, 4) is 50.6 Å². The molecule has 0 radical (unpaired) electrons. The molecule has 0 fully saturated rings. The summed E-state index contributed by atoms with van der Waals surface area (Å²) in [5, 5.41) is 12.0. The molecule has 4 heteroatoms. The van der Waals surface area contributed by atoms with E-state index in [9.17, 15) is 5.11 Å². The van der Waals surface area contributed by atoms with Crippen molar-refractivity contribution < 1.29 is 14.6 Å². The zero-order chi connectivity index (χ0) is 26.8. The predicted octanol–water partition coefficient (Wildman–Crippen LogP) is 9.22. The van der Waals surface area contributed by atoms with Gasteiger partial charge in [-0.15, -0.1) is 11.3 Å². The summed E-state index contributed by atoms with van der Waals surface area (Å²) in [5.74, 6) is 1.50. The Morgan fingerprint density at radius 2 is 1.28 bits per heavy atom. The number of phenolic OH excluding ortho intramolecular Hbond substituents is 1. The maximum absolute atomic E-state index is 10.7. The molecule has 0 spiro atoms. The molecule has 0 aliphatic heterocycles. The number of phenols is 1. The van der Waals surface area contributed by atoms with Crippen LogP contribution in [0.25, 0.3) is 43.5 Å². The highest BCUT2D eigenvalue weighted by Crippen LogP contribution is 2.42. The van der Waals surface area contributed by atoms with Crippen molar-refractivity contribution in [1.29, 1.82) is 0 Å². The summed E-state index contributed by atoms with van der Waals surface area (Å²) in [4.78, 5) is 1.37. The van der Waals surface area contributed by atoms with Gasteiger partial charge in [-0.05, 0) is 58.1 Å². The van der Waals surface area contributed by atoms with E-state index in [2.05, 4.69) is 78.9 Å². The summed E-state index contributed by atoms with van der Waals surface area (Å²) < 4.78 is 12.2. The molecular weight excluding hydrogens is 500 g/mol. The third kappa shape index (κ3) is 4.87. The Balaban J connectivity index is 1.37. The Labute approximate surface area is 232 Å². The fourth-order valence-electron chi connectivity index (χ4n) is 5.10. The van der Waals surface area contributed by atoms with Gasteiger partial charge in [0.05, 0.1) is 14.2 Å². The van der Waals surface area contributed by atoms with Crippen LogP contribution in [0.3, 0.4) is 0 Å². The summed E-state index contributed by atoms with van der Waals surface area (Å²) in [7, 11) is 3.23. The molecule has 39 heavy (non-hydrogen) atoms. The van der Waals surface area contributed by atoms with Crippen molar-refractivity contribution >= 4 is 21.4 Å². The average Bonchev–Trinajstić information content (AvgIpc) is 3.35. The van der Waals surface area contributed by atoms with Crippen molar-refractivity contribution in [2.24, 2.45) is 0 Å². The van der Waals surface area contributed by atoms with Gasteiger partial charge in [-0.2, -0.15) is 0 Å². The van der Waals surface area contributed by atoms with E-state index in [-0.39, 0.29) is 5.75 Å². The topological polar surface area (TPSA) is 38.7 Å². The van der Waals surface area contributed by atoms with Gasteiger partial charge in [0, 0.05) is 32.5 Å². The highest BCUT2D eigenvalue weighted by Gasteiger charge is 2.15. The zero-order valence-corrected chi connectivity index (χ0v) is 22.7. The molecule has 0 bridgehead atoms. The van der Waals surface area contributed by atoms with Crippen LogP contribution in [0.5, 0.6) is 17.2 Å². The number of aromatic hydroxyl groups is 1. The third-order valence-corrected chi connectivity index (χ3v) is 8.24. The van der Waals surface area contributed by atoms with E-state index in [1.54, 1.807) is 20.3 Å². The normalized spacial score (nSPS) is 11.0. The van der Waals surface area contributed by atoms with Crippen LogP contribution in [-0.4, -0.2) is 19.3 Å². The van der Waals surface area contributed by atoms with Crippen LogP contribution in [0.4, 0.5) is 0 Å². The molecule has 1 aromatic heterocycles. The van der Waals surface area contributed by atoms with E-state index in [1.165, 1.54) is 31.7 Å². The number of hydrogen-bond donors (Lipinski definition) is 1. The van der Waals surface area contributed by atoms with Gasteiger partial charge >= 0.3 is 0 Å². The fraction of sp³-hybridized carbons (Fsp3) is 0.0857. The lowest BCUT2D eigenvalue weighted by Gasteiger charge is -2.12. The van der Waals surface area contributed by atoms with E-state index in [1.807, 2.05) is 41.7 Å². The molecule has 5 aromatic carbocycles. The van der Waals surface area contributed by atoms with Gasteiger partial charge in [0.15, 0.2) is 11.5 Å². The van der Waals surface area contributed by atoms with Crippen molar-refractivity contribution in [2.75, 3.05) is 14.2 Å². The molecule has 1 heterocycles. The first-order valence-electron chi connectivity index (χ1n) is 12.8. The smallest absolute Gasteiger partial charge is 0.161 e. The fourth-order valence-corrected chi connectivity index (χ4v) is 6.36. The Hall–Kier alpha value is -4.54. The average molecular weight is 529 g/mol. The number of ether oxygens (including phenoxy) is 2. The second kappa shape index (κ2) is 10.7. The lowest BCUT2D eigenvalue weighted by Crippen LogP contribution is -1.91. The van der Waals surface area contributed by atoms with Crippen LogP contribution >= 0.6 is 11.3 Å². The van der Waals surface area contributed by atoms with Crippen molar-refractivity contribution in [2.45, 2.75) is 6.42 Å². The Bertz CT molecular complexity index is 1750. The van der Waals surface area contributed by atoms with Crippen molar-refractivity contribution in [1.82, 2.24) is 0 Å². The standard InChI is InChI=1S/C35H28O3S/c1-37-31-19-17-27(22-32(31)38-2)29-21-26(16-18-30(29)36)24-12-14-25(15-13-24)35-28-10-6-7-11-33(28)39-34(35)20-23-8-4-3-5-9-23/h3-19,21-22,36H,20H2,1-2H3. The van der Waals surface area contributed by atoms with Gasteiger partial charge < -0.3 is 14.6 Å². The molecule has 0 unspecified atom stereocenters. The first-order chi connectivity index (χ1) is 19.1. The molecule has 0 amide bonds. The quantitative estimate of drug-likeness (QED) is 0.224. The number of hydrogen-bond acceptors (Lipinski definition) is 4. The second-order valence-corrected chi connectivity index (χ2v) is 10.6.